The average Bonchev–Trinajstić information content (AvgIpc) is 3.88. The van der Waals surface area contributed by atoms with Crippen LogP contribution in [0.25, 0.3) is 0 Å². The Morgan fingerprint density at radius 3 is 1.33 bits per heavy atom. The lowest BCUT2D eigenvalue weighted by atomic mass is 9.73. The second-order valence-electron chi connectivity index (χ2n) is 12.7. The minimum absolute atomic E-state index is 0.236. The summed E-state index contributed by atoms with van der Waals surface area (Å²) in [7, 11) is 0. The van der Waals surface area contributed by atoms with Crippen molar-refractivity contribution in [2.24, 2.45) is 21.7 Å². The Labute approximate surface area is 280 Å². The van der Waals surface area contributed by atoms with Gasteiger partial charge in [-0.3, -0.25) is 24.0 Å². The summed E-state index contributed by atoms with van der Waals surface area (Å²) in [5.41, 5.74) is -5.88. The fourth-order valence-corrected chi connectivity index (χ4v) is 9.41. The summed E-state index contributed by atoms with van der Waals surface area (Å²) in [6.45, 7) is 3.18. The summed E-state index contributed by atoms with van der Waals surface area (Å²) in [4.78, 5) is 73.5. The van der Waals surface area contributed by atoms with Crippen molar-refractivity contribution in [3.8, 4) is 11.5 Å². The summed E-state index contributed by atoms with van der Waals surface area (Å²) in [6.07, 6.45) is 0. The van der Waals surface area contributed by atoms with Crippen molar-refractivity contribution < 1.29 is 33.4 Å². The molecule has 0 radical (unpaired) electrons. The third-order valence-electron chi connectivity index (χ3n) is 10.8. The zero-order valence-electron chi connectivity index (χ0n) is 24.5. The number of halogens is 2. The number of fused-ring (bicyclic) bond motifs is 6. The first kappa shape index (κ1) is 29.2. The number of ether oxygens (including phenoxy) is 2. The first-order chi connectivity index (χ1) is 22.0. The van der Waals surface area contributed by atoms with Crippen LogP contribution in [-0.2, 0) is 14.4 Å². The van der Waals surface area contributed by atoms with Crippen LogP contribution in [0.3, 0.4) is 0 Å². The lowest BCUT2D eigenvalue weighted by molar-refractivity contribution is -0.157. The monoisotopic (exact) mass is 738 g/mol. The molecule has 0 amide bonds. The van der Waals surface area contributed by atoms with Crippen LogP contribution in [0.5, 0.6) is 11.5 Å². The van der Waals surface area contributed by atoms with Crippen molar-refractivity contribution in [3.05, 3.63) is 128 Å². The van der Waals surface area contributed by atoms with Crippen molar-refractivity contribution in [1.82, 2.24) is 0 Å². The van der Waals surface area contributed by atoms with Crippen LogP contribution in [0.2, 0.25) is 0 Å². The number of ketones is 3. The SMILES string of the molecule is C[C@]1(C(=O)c2ccccc2)[C@@H]2c3cc(Br)ccc3OC(=O)[C@@]21C(=O)[C@]12C(=O)Oc3ccc(Br)cc3[C@@H]1[C@]2(C)C(=O)c1ccccc1. The maximum Gasteiger partial charge on any atom is 0.326 e. The van der Waals surface area contributed by atoms with Crippen LogP contribution in [0.15, 0.2) is 106 Å². The molecule has 46 heavy (non-hydrogen) atoms. The van der Waals surface area contributed by atoms with E-state index in [1.54, 1.807) is 111 Å². The van der Waals surface area contributed by atoms with Gasteiger partial charge in [0.05, 0.1) is 10.8 Å². The molecule has 0 N–H and O–H groups in total. The molecule has 0 bridgehead atoms. The summed E-state index contributed by atoms with van der Waals surface area (Å²) < 4.78 is 13.0. The van der Waals surface area contributed by atoms with Gasteiger partial charge in [0, 0.05) is 43.0 Å². The van der Waals surface area contributed by atoms with E-state index in [0.29, 0.717) is 31.2 Å². The van der Waals surface area contributed by atoms with Gasteiger partial charge in [0.25, 0.3) is 0 Å². The highest BCUT2D eigenvalue weighted by Crippen LogP contribution is 2.87. The van der Waals surface area contributed by atoms with Crippen LogP contribution in [0, 0.1) is 21.7 Å². The number of esters is 2. The zero-order chi connectivity index (χ0) is 32.4. The Hall–Kier alpha value is -4.21. The van der Waals surface area contributed by atoms with Gasteiger partial charge in [0.1, 0.15) is 22.3 Å². The summed E-state index contributed by atoms with van der Waals surface area (Å²) >= 11 is 6.97. The fourth-order valence-electron chi connectivity index (χ4n) is 8.65. The third kappa shape index (κ3) is 3.25. The minimum atomic E-state index is -2.11. The molecule has 0 unspecified atom stereocenters. The predicted octanol–water partition coefficient (Wildman–Crippen LogP) is 7.26. The smallest absolute Gasteiger partial charge is 0.326 e. The van der Waals surface area contributed by atoms with Gasteiger partial charge in [-0.15, -0.1) is 0 Å². The maximum absolute atomic E-state index is 15.7. The lowest BCUT2D eigenvalue weighted by Gasteiger charge is -2.30. The molecule has 7 nitrogen and oxygen atoms in total. The highest BCUT2D eigenvalue weighted by Gasteiger charge is 2.97. The van der Waals surface area contributed by atoms with E-state index in [4.69, 9.17) is 9.47 Å². The second-order valence-corrected chi connectivity index (χ2v) is 14.6. The van der Waals surface area contributed by atoms with Gasteiger partial charge in [0.2, 0.25) is 0 Å². The number of rotatable bonds is 6. The van der Waals surface area contributed by atoms with Gasteiger partial charge in [-0.1, -0.05) is 106 Å². The Morgan fingerprint density at radius 1 is 0.587 bits per heavy atom. The Morgan fingerprint density at radius 2 is 0.957 bits per heavy atom. The first-order valence-corrected chi connectivity index (χ1v) is 16.3. The van der Waals surface area contributed by atoms with Crippen LogP contribution in [0.1, 0.15) is 57.5 Å². The van der Waals surface area contributed by atoms with Crippen molar-refractivity contribution in [2.45, 2.75) is 25.7 Å². The van der Waals surface area contributed by atoms with E-state index in [0.717, 1.165) is 0 Å². The van der Waals surface area contributed by atoms with E-state index in [-0.39, 0.29) is 11.5 Å². The molecule has 2 heterocycles. The summed E-state index contributed by atoms with van der Waals surface area (Å²) in [5.74, 6) is -5.01. The Bertz CT molecular complexity index is 1930. The predicted molar refractivity (Wildman–Crippen MR) is 173 cm³/mol. The number of carbonyl (C=O) groups excluding carboxylic acids is 5. The molecule has 9 heteroatoms. The number of benzene rings is 4. The van der Waals surface area contributed by atoms with Crippen LogP contribution in [0.4, 0.5) is 0 Å². The van der Waals surface area contributed by atoms with E-state index < -0.39 is 62.8 Å². The summed E-state index contributed by atoms with van der Waals surface area (Å²) in [6, 6.07) is 27.0. The van der Waals surface area contributed by atoms with Gasteiger partial charge in [-0.2, -0.15) is 0 Å². The number of hydrogen-bond acceptors (Lipinski definition) is 7. The fraction of sp³-hybridized carbons (Fsp3) is 0.216. The van der Waals surface area contributed by atoms with Gasteiger partial charge in [-0.25, -0.2) is 0 Å². The van der Waals surface area contributed by atoms with Gasteiger partial charge >= 0.3 is 11.9 Å². The molecule has 0 spiro atoms. The van der Waals surface area contributed by atoms with E-state index in [1.165, 1.54) is 0 Å². The average molecular weight is 740 g/mol. The van der Waals surface area contributed by atoms with Gasteiger partial charge in [0.15, 0.2) is 17.3 Å². The lowest BCUT2D eigenvalue weighted by Crippen LogP contribution is -2.49. The highest BCUT2D eigenvalue weighted by molar-refractivity contribution is 9.10. The topological polar surface area (TPSA) is 104 Å². The molecule has 2 aliphatic heterocycles. The maximum atomic E-state index is 15.7. The zero-order valence-corrected chi connectivity index (χ0v) is 27.7. The Kier molecular flexibility index (Phi) is 5.98. The molecule has 4 aromatic rings. The first-order valence-electron chi connectivity index (χ1n) is 14.7. The van der Waals surface area contributed by atoms with Crippen LogP contribution in [-0.4, -0.2) is 29.3 Å². The van der Waals surface area contributed by atoms with Crippen molar-refractivity contribution in [3.63, 3.8) is 0 Å². The molecule has 2 aliphatic carbocycles. The molecule has 0 aromatic heterocycles. The van der Waals surface area contributed by atoms with Gasteiger partial charge in [-0.05, 0) is 36.4 Å². The number of hydrogen-bond donors (Lipinski definition) is 0. The van der Waals surface area contributed by atoms with E-state index in [9.17, 15) is 19.2 Å². The molecule has 2 saturated carbocycles. The molecule has 6 atom stereocenters. The normalized spacial score (nSPS) is 31.2. The molecule has 4 aliphatic rings. The number of carbonyl (C=O) groups is 5. The Balaban J connectivity index is 1.39. The number of Topliss-reactive ketones (excluding diaryl/α,β-unsaturated/α-hetero) is 3. The largest absolute Gasteiger partial charge is 0.425 e. The molecular weight excluding hydrogens is 716 g/mol. The third-order valence-corrected chi connectivity index (χ3v) is 11.8. The highest BCUT2D eigenvalue weighted by atomic mass is 79.9. The molecular formula is C37H24Br2O7. The van der Waals surface area contributed by atoms with Crippen molar-refractivity contribution in [2.75, 3.05) is 0 Å². The summed E-state index contributed by atoms with van der Waals surface area (Å²) in [5, 5.41) is 0. The molecule has 228 valence electrons. The van der Waals surface area contributed by atoms with Gasteiger partial charge < -0.3 is 9.47 Å². The molecule has 2 fully saturated rings. The van der Waals surface area contributed by atoms with E-state index in [2.05, 4.69) is 31.9 Å². The van der Waals surface area contributed by atoms with Crippen molar-refractivity contribution >= 4 is 61.1 Å². The van der Waals surface area contributed by atoms with Crippen LogP contribution < -0.4 is 9.47 Å². The molecule has 8 rings (SSSR count). The molecule has 4 aromatic carbocycles. The minimum Gasteiger partial charge on any atom is -0.425 e. The van der Waals surface area contributed by atoms with Crippen molar-refractivity contribution in [1.29, 1.82) is 0 Å². The standard InChI is InChI=1S/C37H24Br2O7/c1-34(29(40)19-9-5-3-6-10-19)27-23-17-21(38)13-15-25(23)45-32(43)36(27,34)31(42)37-28(24-18-22(39)14-16-26(24)46-33(37)44)35(37,2)30(41)20-11-7-4-8-12-20/h3-18,27-28H,1-2H3/t27-,28+,34-,35-,36+,37+/m1/s1. The van der Waals surface area contributed by atoms with Crippen LogP contribution >= 0.6 is 31.9 Å². The second kappa shape index (κ2) is 9.42. The van der Waals surface area contributed by atoms with E-state index in [1.807, 2.05) is 0 Å². The quantitative estimate of drug-likeness (QED) is 0.0888. The molecule has 0 saturated heterocycles. The van der Waals surface area contributed by atoms with E-state index >= 15 is 4.79 Å².